The fraction of sp³-hybridized carbons (Fsp3) is 0.231. The predicted octanol–water partition coefficient (Wildman–Crippen LogP) is 1.75. The Balaban J connectivity index is 2.12. The van der Waals surface area contributed by atoms with E-state index in [1.54, 1.807) is 24.4 Å². The number of hydrogen-bond donors (Lipinski definition) is 2. The number of thiazole rings is 1. The van der Waals surface area contributed by atoms with Crippen molar-refractivity contribution in [3.8, 4) is 0 Å². The van der Waals surface area contributed by atoms with Gasteiger partial charge in [-0.2, -0.15) is 0 Å². The number of nitrogen functional groups attached to an aromatic ring is 1. The molecule has 0 saturated heterocycles. The molecule has 0 spiro atoms. The second-order valence-electron chi connectivity index (χ2n) is 4.37. The molecule has 100 valence electrons. The number of benzene rings is 1. The lowest BCUT2D eigenvalue weighted by molar-refractivity contribution is -0.116. The number of nitrogens with zero attached hydrogens (tertiary/aromatic N) is 1. The van der Waals surface area contributed by atoms with E-state index in [9.17, 15) is 9.59 Å². The average Bonchev–Trinajstić information content (AvgIpc) is 2.65. The van der Waals surface area contributed by atoms with Gasteiger partial charge in [-0.3, -0.25) is 14.2 Å². The van der Waals surface area contributed by atoms with Gasteiger partial charge in [0.2, 0.25) is 5.91 Å². The summed E-state index contributed by atoms with van der Waals surface area (Å²) < 4.78 is 1.43. The molecule has 0 atom stereocenters. The molecule has 0 fully saturated rings. The van der Waals surface area contributed by atoms with Gasteiger partial charge in [-0.05, 0) is 31.5 Å². The first-order chi connectivity index (χ1) is 8.97. The first-order valence-electron chi connectivity index (χ1n) is 5.78. The third-order valence-electron chi connectivity index (χ3n) is 2.76. The summed E-state index contributed by atoms with van der Waals surface area (Å²) >= 11 is 1.09. The van der Waals surface area contributed by atoms with Crippen LogP contribution in [0.5, 0.6) is 0 Å². The highest BCUT2D eigenvalue weighted by Gasteiger charge is 2.09. The van der Waals surface area contributed by atoms with Crippen LogP contribution in [0, 0.1) is 13.8 Å². The van der Waals surface area contributed by atoms with Crippen LogP contribution in [0.15, 0.2) is 28.4 Å². The molecule has 19 heavy (non-hydrogen) atoms. The van der Waals surface area contributed by atoms with E-state index in [4.69, 9.17) is 5.73 Å². The number of aromatic nitrogens is 1. The number of rotatable bonds is 3. The third-order valence-corrected chi connectivity index (χ3v) is 3.64. The molecule has 2 rings (SSSR count). The van der Waals surface area contributed by atoms with E-state index in [1.165, 1.54) is 4.57 Å². The molecule has 0 aliphatic rings. The Bertz CT molecular complexity index is 673. The van der Waals surface area contributed by atoms with Crippen LogP contribution in [0.1, 0.15) is 11.3 Å². The van der Waals surface area contributed by atoms with Crippen molar-refractivity contribution in [2.75, 3.05) is 11.1 Å². The van der Waals surface area contributed by atoms with E-state index in [0.717, 1.165) is 22.6 Å². The van der Waals surface area contributed by atoms with Crippen LogP contribution in [-0.2, 0) is 11.3 Å². The van der Waals surface area contributed by atoms with Gasteiger partial charge < -0.3 is 11.1 Å². The van der Waals surface area contributed by atoms with E-state index in [2.05, 4.69) is 5.32 Å². The monoisotopic (exact) mass is 277 g/mol. The van der Waals surface area contributed by atoms with E-state index in [-0.39, 0.29) is 17.3 Å². The van der Waals surface area contributed by atoms with Gasteiger partial charge in [0, 0.05) is 11.1 Å². The van der Waals surface area contributed by atoms with Crippen molar-refractivity contribution in [2.24, 2.45) is 0 Å². The van der Waals surface area contributed by atoms with Crippen LogP contribution in [0.3, 0.4) is 0 Å². The van der Waals surface area contributed by atoms with Crippen molar-refractivity contribution in [1.82, 2.24) is 4.57 Å². The first-order valence-corrected chi connectivity index (χ1v) is 6.66. The van der Waals surface area contributed by atoms with Crippen LogP contribution in [0.4, 0.5) is 11.4 Å². The lowest BCUT2D eigenvalue weighted by Crippen LogP contribution is -2.25. The summed E-state index contributed by atoms with van der Waals surface area (Å²) in [4.78, 5) is 23.3. The minimum absolute atomic E-state index is 0.00147. The Labute approximate surface area is 114 Å². The van der Waals surface area contributed by atoms with Crippen LogP contribution in [-0.4, -0.2) is 10.5 Å². The Hall–Kier alpha value is -2.08. The van der Waals surface area contributed by atoms with Gasteiger partial charge in [0.05, 0.1) is 11.4 Å². The highest BCUT2D eigenvalue weighted by atomic mass is 32.1. The minimum Gasteiger partial charge on any atom is -0.397 e. The van der Waals surface area contributed by atoms with Crippen LogP contribution in [0.25, 0.3) is 0 Å². The molecule has 0 saturated carbocycles. The third kappa shape index (κ3) is 3.03. The van der Waals surface area contributed by atoms with Gasteiger partial charge in [0.1, 0.15) is 6.54 Å². The Morgan fingerprint density at radius 3 is 2.74 bits per heavy atom. The number of aryl methyl sites for hydroxylation is 2. The van der Waals surface area contributed by atoms with Crippen molar-refractivity contribution in [2.45, 2.75) is 20.4 Å². The normalized spacial score (nSPS) is 10.4. The second kappa shape index (κ2) is 5.27. The second-order valence-corrected chi connectivity index (χ2v) is 5.19. The molecule has 6 heteroatoms. The molecule has 1 aromatic carbocycles. The quantitative estimate of drug-likeness (QED) is 0.839. The standard InChI is InChI=1S/C13H15N3O2S/c1-8-3-4-11(10(14)5-8)15-12(17)6-16-9(2)7-19-13(16)18/h3-5,7H,6,14H2,1-2H3,(H,15,17). The summed E-state index contributed by atoms with van der Waals surface area (Å²) in [5, 5.41) is 4.44. The number of carbonyl (C=O) groups excluding carboxylic acids is 1. The molecule has 0 aliphatic heterocycles. The minimum atomic E-state index is -0.265. The maximum absolute atomic E-state index is 11.9. The molecule has 0 aliphatic carbocycles. The van der Waals surface area contributed by atoms with Gasteiger partial charge in [-0.25, -0.2) is 0 Å². The number of hydrogen-bond acceptors (Lipinski definition) is 4. The van der Waals surface area contributed by atoms with Gasteiger partial charge in [0.15, 0.2) is 0 Å². The number of nitrogens with two attached hydrogens (primary N) is 1. The first kappa shape index (κ1) is 13.4. The molecule has 1 heterocycles. The van der Waals surface area contributed by atoms with Gasteiger partial charge >= 0.3 is 4.87 Å². The van der Waals surface area contributed by atoms with Crippen LogP contribution >= 0.6 is 11.3 Å². The van der Waals surface area contributed by atoms with E-state index < -0.39 is 0 Å². The highest BCUT2D eigenvalue weighted by molar-refractivity contribution is 7.07. The highest BCUT2D eigenvalue weighted by Crippen LogP contribution is 2.19. The summed E-state index contributed by atoms with van der Waals surface area (Å²) in [5.74, 6) is -0.265. The maximum atomic E-state index is 11.9. The number of amides is 1. The number of nitrogens with one attached hydrogen (secondary N) is 1. The largest absolute Gasteiger partial charge is 0.397 e. The molecule has 0 bridgehead atoms. The van der Waals surface area contributed by atoms with Crippen molar-refractivity contribution in [1.29, 1.82) is 0 Å². The fourth-order valence-electron chi connectivity index (χ4n) is 1.73. The molecule has 2 aromatic rings. The SMILES string of the molecule is Cc1ccc(NC(=O)Cn2c(C)csc2=O)c(N)c1. The van der Waals surface area contributed by atoms with Crippen molar-refractivity contribution in [3.05, 3.63) is 44.5 Å². The molecule has 3 N–H and O–H groups in total. The van der Waals surface area contributed by atoms with Crippen molar-refractivity contribution >= 4 is 28.6 Å². The Kier molecular flexibility index (Phi) is 3.71. The fourth-order valence-corrected chi connectivity index (χ4v) is 2.46. The molecule has 1 aromatic heterocycles. The van der Waals surface area contributed by atoms with Gasteiger partial charge in [0.25, 0.3) is 0 Å². The average molecular weight is 277 g/mol. The summed E-state index contributed by atoms with van der Waals surface area (Å²) in [5.41, 5.74) is 8.71. The van der Waals surface area contributed by atoms with Crippen molar-refractivity contribution in [3.63, 3.8) is 0 Å². The van der Waals surface area contributed by atoms with E-state index in [0.29, 0.717) is 11.4 Å². The van der Waals surface area contributed by atoms with Crippen molar-refractivity contribution < 1.29 is 4.79 Å². The summed E-state index contributed by atoms with van der Waals surface area (Å²) in [7, 11) is 0. The molecular formula is C13H15N3O2S. The molecule has 0 unspecified atom stereocenters. The number of carbonyl (C=O) groups is 1. The molecule has 1 amide bonds. The van der Waals surface area contributed by atoms with E-state index in [1.807, 2.05) is 13.0 Å². The lowest BCUT2D eigenvalue weighted by Gasteiger charge is -2.09. The molecule has 0 radical (unpaired) electrons. The van der Waals surface area contributed by atoms with E-state index >= 15 is 0 Å². The number of anilines is 2. The predicted molar refractivity (Wildman–Crippen MR) is 77.5 cm³/mol. The molecule has 5 nitrogen and oxygen atoms in total. The zero-order valence-corrected chi connectivity index (χ0v) is 11.6. The zero-order chi connectivity index (χ0) is 14.0. The zero-order valence-electron chi connectivity index (χ0n) is 10.8. The summed E-state index contributed by atoms with van der Waals surface area (Å²) in [6.45, 7) is 3.73. The topological polar surface area (TPSA) is 77.1 Å². The summed E-state index contributed by atoms with van der Waals surface area (Å²) in [6.07, 6.45) is 0. The molecular weight excluding hydrogens is 262 g/mol. The Morgan fingerprint density at radius 2 is 2.16 bits per heavy atom. The lowest BCUT2D eigenvalue weighted by atomic mass is 10.2. The Morgan fingerprint density at radius 1 is 1.42 bits per heavy atom. The smallest absolute Gasteiger partial charge is 0.307 e. The van der Waals surface area contributed by atoms with Gasteiger partial charge in [-0.15, -0.1) is 0 Å². The van der Waals surface area contributed by atoms with Crippen LogP contribution < -0.4 is 15.9 Å². The summed E-state index contributed by atoms with van der Waals surface area (Å²) in [6, 6.07) is 5.41. The van der Waals surface area contributed by atoms with Gasteiger partial charge in [-0.1, -0.05) is 17.4 Å². The van der Waals surface area contributed by atoms with Crippen LogP contribution in [0.2, 0.25) is 0 Å². The maximum Gasteiger partial charge on any atom is 0.307 e.